The summed E-state index contributed by atoms with van der Waals surface area (Å²) in [5, 5.41) is 8.87. The van der Waals surface area contributed by atoms with E-state index in [2.05, 4.69) is 62.8 Å². The molecule has 0 radical (unpaired) electrons. The van der Waals surface area contributed by atoms with Gasteiger partial charge < -0.3 is 9.47 Å². The zero-order chi connectivity index (χ0) is 16.2. The van der Waals surface area contributed by atoms with Crippen LogP contribution in [0.4, 0.5) is 0 Å². The summed E-state index contributed by atoms with van der Waals surface area (Å²) in [6.07, 6.45) is 6.15. The standard InChI is InChI=1S/C17H26N6/c1-21(2)13-16-19-20-17(22(16)3)15-5-4-10-23(12-15)11-14-6-8-18-9-7-14/h6-9,15H,4-5,10-13H2,1-3H3/t15-/m1/s1. The first-order valence-electron chi connectivity index (χ1n) is 8.27. The summed E-state index contributed by atoms with van der Waals surface area (Å²) in [7, 11) is 6.22. The first-order chi connectivity index (χ1) is 11.1. The fraction of sp³-hybridized carbons (Fsp3) is 0.588. The Balaban J connectivity index is 1.68. The highest BCUT2D eigenvalue weighted by atomic mass is 15.3. The van der Waals surface area contributed by atoms with Crippen LogP contribution in [0.1, 0.15) is 36.0 Å². The van der Waals surface area contributed by atoms with Crippen LogP contribution in [0.2, 0.25) is 0 Å². The molecule has 0 aromatic carbocycles. The van der Waals surface area contributed by atoms with Crippen molar-refractivity contribution in [2.24, 2.45) is 7.05 Å². The Morgan fingerprint density at radius 3 is 2.74 bits per heavy atom. The molecule has 3 heterocycles. The predicted octanol–water partition coefficient (Wildman–Crippen LogP) is 1.65. The molecule has 6 heteroatoms. The highest BCUT2D eigenvalue weighted by Crippen LogP contribution is 2.26. The summed E-state index contributed by atoms with van der Waals surface area (Å²) in [6, 6.07) is 4.20. The molecule has 1 atom stereocenters. The van der Waals surface area contributed by atoms with E-state index in [0.29, 0.717) is 5.92 Å². The Kier molecular flexibility index (Phi) is 5.03. The lowest BCUT2D eigenvalue weighted by molar-refractivity contribution is 0.195. The van der Waals surface area contributed by atoms with Crippen molar-refractivity contribution in [2.75, 3.05) is 27.2 Å². The number of aromatic nitrogens is 4. The van der Waals surface area contributed by atoms with E-state index in [0.717, 1.165) is 37.8 Å². The van der Waals surface area contributed by atoms with Crippen molar-refractivity contribution in [3.05, 3.63) is 41.7 Å². The van der Waals surface area contributed by atoms with Gasteiger partial charge in [-0.1, -0.05) is 0 Å². The second-order valence-electron chi connectivity index (χ2n) is 6.70. The number of rotatable bonds is 5. The number of pyridine rings is 1. The highest BCUT2D eigenvalue weighted by Gasteiger charge is 2.26. The minimum Gasteiger partial charge on any atom is -0.317 e. The van der Waals surface area contributed by atoms with Gasteiger partial charge in [-0.15, -0.1) is 10.2 Å². The van der Waals surface area contributed by atoms with Crippen LogP contribution in [-0.4, -0.2) is 56.7 Å². The zero-order valence-electron chi connectivity index (χ0n) is 14.3. The van der Waals surface area contributed by atoms with E-state index >= 15 is 0 Å². The Morgan fingerprint density at radius 1 is 1.22 bits per heavy atom. The Bertz CT molecular complexity index is 621. The molecule has 1 aliphatic heterocycles. The van der Waals surface area contributed by atoms with Gasteiger partial charge in [-0.2, -0.15) is 0 Å². The molecule has 3 rings (SSSR count). The Hall–Kier alpha value is -1.79. The van der Waals surface area contributed by atoms with E-state index in [4.69, 9.17) is 0 Å². The molecule has 6 nitrogen and oxygen atoms in total. The number of nitrogens with zero attached hydrogens (tertiary/aromatic N) is 6. The summed E-state index contributed by atoms with van der Waals surface area (Å²) < 4.78 is 2.18. The summed E-state index contributed by atoms with van der Waals surface area (Å²) in [5.74, 6) is 2.64. The molecule has 2 aromatic rings. The average Bonchev–Trinajstić information content (AvgIpc) is 2.89. The Labute approximate surface area is 138 Å². The van der Waals surface area contributed by atoms with Crippen LogP contribution < -0.4 is 0 Å². The van der Waals surface area contributed by atoms with E-state index in [1.807, 2.05) is 12.4 Å². The van der Waals surface area contributed by atoms with Crippen LogP contribution in [0.25, 0.3) is 0 Å². The van der Waals surface area contributed by atoms with Crippen LogP contribution in [0.3, 0.4) is 0 Å². The molecule has 0 saturated carbocycles. The van der Waals surface area contributed by atoms with Crippen molar-refractivity contribution in [3.8, 4) is 0 Å². The minimum atomic E-state index is 0.471. The van der Waals surface area contributed by atoms with Gasteiger partial charge >= 0.3 is 0 Å². The molecule has 0 bridgehead atoms. The monoisotopic (exact) mass is 314 g/mol. The third-order valence-corrected chi connectivity index (χ3v) is 4.48. The maximum Gasteiger partial charge on any atom is 0.146 e. The largest absolute Gasteiger partial charge is 0.317 e. The van der Waals surface area contributed by atoms with Gasteiger partial charge in [-0.05, 0) is 51.2 Å². The topological polar surface area (TPSA) is 50.1 Å². The maximum atomic E-state index is 4.48. The van der Waals surface area contributed by atoms with Crippen molar-refractivity contribution in [2.45, 2.75) is 31.8 Å². The SMILES string of the molecule is CN(C)Cc1nnc([C@@H]2CCCN(Cc3ccncc3)C2)n1C. The van der Waals surface area contributed by atoms with Crippen LogP contribution in [0, 0.1) is 0 Å². The van der Waals surface area contributed by atoms with Crippen LogP contribution in [-0.2, 0) is 20.1 Å². The lowest BCUT2D eigenvalue weighted by atomic mass is 9.96. The first kappa shape index (κ1) is 16.1. The van der Waals surface area contributed by atoms with Crippen molar-refractivity contribution >= 4 is 0 Å². The average molecular weight is 314 g/mol. The third-order valence-electron chi connectivity index (χ3n) is 4.48. The van der Waals surface area contributed by atoms with Gasteiger partial charge in [-0.25, -0.2) is 0 Å². The fourth-order valence-corrected chi connectivity index (χ4v) is 3.31. The second-order valence-corrected chi connectivity index (χ2v) is 6.70. The lowest BCUT2D eigenvalue weighted by Gasteiger charge is -2.32. The lowest BCUT2D eigenvalue weighted by Crippen LogP contribution is -2.34. The molecule has 1 saturated heterocycles. The van der Waals surface area contributed by atoms with Crippen LogP contribution in [0.15, 0.2) is 24.5 Å². The molecular weight excluding hydrogens is 288 g/mol. The highest BCUT2D eigenvalue weighted by molar-refractivity contribution is 5.10. The molecule has 124 valence electrons. The van der Waals surface area contributed by atoms with Crippen molar-refractivity contribution in [3.63, 3.8) is 0 Å². The molecule has 23 heavy (non-hydrogen) atoms. The molecule has 0 amide bonds. The summed E-state index contributed by atoms with van der Waals surface area (Å²) in [4.78, 5) is 8.74. The first-order valence-corrected chi connectivity index (χ1v) is 8.27. The molecule has 0 aliphatic carbocycles. The zero-order valence-corrected chi connectivity index (χ0v) is 14.3. The summed E-state index contributed by atoms with van der Waals surface area (Å²) in [5.41, 5.74) is 1.33. The molecule has 2 aromatic heterocycles. The van der Waals surface area contributed by atoms with Crippen LogP contribution in [0.5, 0.6) is 0 Å². The predicted molar refractivity (Wildman–Crippen MR) is 89.9 cm³/mol. The van der Waals surface area contributed by atoms with E-state index in [9.17, 15) is 0 Å². The third kappa shape index (κ3) is 3.95. The molecule has 1 aliphatic rings. The quantitative estimate of drug-likeness (QED) is 0.840. The molecule has 0 N–H and O–H groups in total. The van der Waals surface area contributed by atoms with Crippen molar-refractivity contribution in [1.82, 2.24) is 29.5 Å². The van der Waals surface area contributed by atoms with Gasteiger partial charge in [0.05, 0.1) is 6.54 Å². The van der Waals surface area contributed by atoms with Gasteiger partial charge in [0.2, 0.25) is 0 Å². The number of likely N-dealkylation sites (tertiary alicyclic amines) is 1. The minimum absolute atomic E-state index is 0.471. The van der Waals surface area contributed by atoms with Crippen molar-refractivity contribution in [1.29, 1.82) is 0 Å². The fourth-order valence-electron chi connectivity index (χ4n) is 3.31. The van der Waals surface area contributed by atoms with Crippen LogP contribution >= 0.6 is 0 Å². The molecule has 0 unspecified atom stereocenters. The molecular formula is C17H26N6. The second kappa shape index (κ2) is 7.19. The van der Waals surface area contributed by atoms with E-state index in [-0.39, 0.29) is 0 Å². The van der Waals surface area contributed by atoms with Gasteiger partial charge in [0, 0.05) is 38.4 Å². The van der Waals surface area contributed by atoms with E-state index in [1.54, 1.807) is 0 Å². The Morgan fingerprint density at radius 2 is 2.00 bits per heavy atom. The van der Waals surface area contributed by atoms with Gasteiger partial charge in [-0.3, -0.25) is 9.88 Å². The number of piperidine rings is 1. The maximum absolute atomic E-state index is 4.48. The van der Waals surface area contributed by atoms with Crippen molar-refractivity contribution < 1.29 is 0 Å². The number of hydrogen-bond donors (Lipinski definition) is 0. The summed E-state index contributed by atoms with van der Waals surface area (Å²) >= 11 is 0. The smallest absolute Gasteiger partial charge is 0.146 e. The number of hydrogen-bond acceptors (Lipinski definition) is 5. The molecule has 0 spiro atoms. The van der Waals surface area contributed by atoms with Gasteiger partial charge in [0.1, 0.15) is 11.6 Å². The van der Waals surface area contributed by atoms with Gasteiger partial charge in [0.15, 0.2) is 0 Å². The molecule has 1 fully saturated rings. The van der Waals surface area contributed by atoms with E-state index in [1.165, 1.54) is 18.4 Å². The van der Waals surface area contributed by atoms with E-state index < -0.39 is 0 Å². The normalized spacial score (nSPS) is 19.4. The van der Waals surface area contributed by atoms with Gasteiger partial charge in [0.25, 0.3) is 0 Å². The summed E-state index contributed by atoms with van der Waals surface area (Å²) in [6.45, 7) is 4.02.